The molecular formula is C17H18FNO2S. The molecule has 0 fully saturated rings. The minimum Gasteiger partial charge on any atom is -0.325 e. The van der Waals surface area contributed by atoms with Gasteiger partial charge in [-0.25, -0.2) is 4.39 Å². The van der Waals surface area contributed by atoms with Crippen LogP contribution in [0.3, 0.4) is 0 Å². The Morgan fingerprint density at radius 1 is 1.18 bits per heavy atom. The SMILES string of the molecule is Cc1ccc(C)c(CS(=O)CC(=O)Nc2cccc(F)c2)c1. The molecule has 0 bridgehead atoms. The van der Waals surface area contributed by atoms with Crippen LogP contribution < -0.4 is 5.32 Å². The third-order valence-corrected chi connectivity index (χ3v) is 4.44. The zero-order valence-corrected chi connectivity index (χ0v) is 13.4. The summed E-state index contributed by atoms with van der Waals surface area (Å²) in [6.45, 7) is 3.93. The molecule has 0 aliphatic carbocycles. The molecule has 0 radical (unpaired) electrons. The van der Waals surface area contributed by atoms with Crippen molar-refractivity contribution in [3.8, 4) is 0 Å². The van der Waals surface area contributed by atoms with Gasteiger partial charge in [-0.05, 0) is 43.2 Å². The van der Waals surface area contributed by atoms with Gasteiger partial charge in [-0.2, -0.15) is 0 Å². The predicted molar refractivity (Wildman–Crippen MR) is 87.7 cm³/mol. The summed E-state index contributed by atoms with van der Waals surface area (Å²) in [5.41, 5.74) is 3.51. The molecule has 2 aromatic rings. The number of nitrogens with one attached hydrogen (secondary N) is 1. The lowest BCUT2D eigenvalue weighted by Crippen LogP contribution is -2.20. The summed E-state index contributed by atoms with van der Waals surface area (Å²) in [7, 11) is -1.30. The van der Waals surface area contributed by atoms with Crippen LogP contribution in [0.4, 0.5) is 10.1 Å². The van der Waals surface area contributed by atoms with Gasteiger partial charge in [-0.1, -0.05) is 29.8 Å². The first-order valence-corrected chi connectivity index (χ1v) is 8.39. The summed E-state index contributed by atoms with van der Waals surface area (Å²) >= 11 is 0. The van der Waals surface area contributed by atoms with Crippen LogP contribution >= 0.6 is 0 Å². The first-order chi connectivity index (χ1) is 10.4. The largest absolute Gasteiger partial charge is 0.325 e. The van der Waals surface area contributed by atoms with Gasteiger partial charge in [0.05, 0.1) is 0 Å². The molecule has 116 valence electrons. The number of anilines is 1. The number of hydrogen-bond donors (Lipinski definition) is 1. The van der Waals surface area contributed by atoms with Crippen LogP contribution in [-0.2, 0) is 21.3 Å². The van der Waals surface area contributed by atoms with Crippen molar-refractivity contribution in [3.05, 3.63) is 65.0 Å². The van der Waals surface area contributed by atoms with Crippen molar-refractivity contribution in [2.45, 2.75) is 19.6 Å². The van der Waals surface area contributed by atoms with Gasteiger partial charge in [0.15, 0.2) is 0 Å². The van der Waals surface area contributed by atoms with E-state index in [4.69, 9.17) is 0 Å². The highest BCUT2D eigenvalue weighted by Gasteiger charge is 2.11. The summed E-state index contributed by atoms with van der Waals surface area (Å²) in [6.07, 6.45) is 0. The second-order valence-electron chi connectivity index (χ2n) is 5.22. The highest BCUT2D eigenvalue weighted by atomic mass is 32.2. The maximum atomic E-state index is 13.0. The minimum atomic E-state index is -1.30. The van der Waals surface area contributed by atoms with E-state index in [9.17, 15) is 13.4 Å². The quantitative estimate of drug-likeness (QED) is 0.919. The van der Waals surface area contributed by atoms with Crippen LogP contribution in [0.5, 0.6) is 0 Å². The second kappa shape index (κ2) is 7.31. The Bertz CT molecular complexity index is 716. The summed E-state index contributed by atoms with van der Waals surface area (Å²) in [5.74, 6) is -0.572. The zero-order valence-electron chi connectivity index (χ0n) is 12.6. The molecule has 2 aromatic carbocycles. The number of amides is 1. The monoisotopic (exact) mass is 319 g/mol. The molecular weight excluding hydrogens is 301 g/mol. The lowest BCUT2D eigenvalue weighted by molar-refractivity contribution is -0.113. The molecule has 1 unspecified atom stereocenters. The van der Waals surface area contributed by atoms with Crippen molar-refractivity contribution in [1.29, 1.82) is 0 Å². The van der Waals surface area contributed by atoms with Crippen molar-refractivity contribution < 1.29 is 13.4 Å². The van der Waals surface area contributed by atoms with Crippen LogP contribution in [-0.4, -0.2) is 15.9 Å². The number of benzene rings is 2. The summed E-state index contributed by atoms with van der Waals surface area (Å²) < 4.78 is 25.2. The summed E-state index contributed by atoms with van der Waals surface area (Å²) in [5, 5.41) is 2.55. The maximum absolute atomic E-state index is 13.0. The average molecular weight is 319 g/mol. The third-order valence-electron chi connectivity index (χ3n) is 3.22. The Hall–Kier alpha value is -2.01. The van der Waals surface area contributed by atoms with Gasteiger partial charge >= 0.3 is 0 Å². The molecule has 0 heterocycles. The Kier molecular flexibility index (Phi) is 5.44. The number of aryl methyl sites for hydroxylation is 2. The van der Waals surface area contributed by atoms with E-state index in [0.29, 0.717) is 11.4 Å². The number of halogens is 1. The number of carbonyl (C=O) groups is 1. The number of hydrogen-bond acceptors (Lipinski definition) is 2. The Labute approximate surface area is 132 Å². The van der Waals surface area contributed by atoms with Crippen LogP contribution in [0.25, 0.3) is 0 Å². The van der Waals surface area contributed by atoms with Gasteiger partial charge in [0, 0.05) is 22.2 Å². The van der Waals surface area contributed by atoms with E-state index in [1.165, 1.54) is 18.2 Å². The van der Waals surface area contributed by atoms with Gasteiger partial charge in [0.1, 0.15) is 11.6 Å². The molecule has 0 saturated heterocycles. The highest BCUT2D eigenvalue weighted by Crippen LogP contribution is 2.13. The molecule has 5 heteroatoms. The van der Waals surface area contributed by atoms with Crippen molar-refractivity contribution in [2.24, 2.45) is 0 Å². The fourth-order valence-corrected chi connectivity index (χ4v) is 3.21. The standard InChI is InChI=1S/C17H18FNO2S/c1-12-6-7-13(2)14(8-12)10-22(21)11-17(20)19-16-5-3-4-15(18)9-16/h3-9H,10-11H2,1-2H3,(H,19,20). The smallest absolute Gasteiger partial charge is 0.237 e. The van der Waals surface area contributed by atoms with E-state index in [1.54, 1.807) is 6.07 Å². The van der Waals surface area contributed by atoms with Crippen LogP contribution in [0.15, 0.2) is 42.5 Å². The Balaban J connectivity index is 1.94. The van der Waals surface area contributed by atoms with Crippen LogP contribution in [0, 0.1) is 19.7 Å². The summed E-state index contributed by atoms with van der Waals surface area (Å²) in [4.78, 5) is 11.8. The van der Waals surface area contributed by atoms with Crippen LogP contribution in [0.2, 0.25) is 0 Å². The molecule has 0 spiro atoms. The minimum absolute atomic E-state index is 0.107. The molecule has 22 heavy (non-hydrogen) atoms. The van der Waals surface area contributed by atoms with Crippen molar-refractivity contribution >= 4 is 22.4 Å². The van der Waals surface area contributed by atoms with Gasteiger partial charge in [0.25, 0.3) is 0 Å². The average Bonchev–Trinajstić information content (AvgIpc) is 2.42. The van der Waals surface area contributed by atoms with Gasteiger partial charge in [0.2, 0.25) is 5.91 Å². The molecule has 0 aliphatic rings. The second-order valence-corrected chi connectivity index (χ2v) is 6.67. The molecule has 2 rings (SSSR count). The molecule has 1 amide bonds. The maximum Gasteiger partial charge on any atom is 0.237 e. The van der Waals surface area contributed by atoms with E-state index in [1.807, 2.05) is 32.0 Å². The molecule has 1 N–H and O–H groups in total. The Morgan fingerprint density at radius 2 is 1.95 bits per heavy atom. The Morgan fingerprint density at radius 3 is 2.68 bits per heavy atom. The van der Waals surface area contributed by atoms with E-state index in [0.717, 1.165) is 16.7 Å². The predicted octanol–water partition coefficient (Wildman–Crippen LogP) is 3.33. The highest BCUT2D eigenvalue weighted by molar-refractivity contribution is 7.84. The van der Waals surface area contributed by atoms with Gasteiger partial charge in [-0.15, -0.1) is 0 Å². The van der Waals surface area contributed by atoms with Gasteiger partial charge < -0.3 is 5.32 Å². The fraction of sp³-hybridized carbons (Fsp3) is 0.235. The molecule has 0 aromatic heterocycles. The fourth-order valence-electron chi connectivity index (χ4n) is 2.09. The van der Waals surface area contributed by atoms with Gasteiger partial charge in [-0.3, -0.25) is 9.00 Å². The van der Waals surface area contributed by atoms with E-state index in [2.05, 4.69) is 5.32 Å². The van der Waals surface area contributed by atoms with Crippen molar-refractivity contribution in [3.63, 3.8) is 0 Å². The summed E-state index contributed by atoms with van der Waals surface area (Å²) in [6, 6.07) is 11.6. The van der Waals surface area contributed by atoms with E-state index < -0.39 is 16.6 Å². The molecule has 3 nitrogen and oxygen atoms in total. The lowest BCUT2D eigenvalue weighted by Gasteiger charge is -2.08. The topological polar surface area (TPSA) is 46.2 Å². The van der Waals surface area contributed by atoms with E-state index >= 15 is 0 Å². The number of rotatable bonds is 5. The lowest BCUT2D eigenvalue weighted by atomic mass is 10.1. The molecule has 0 saturated carbocycles. The van der Waals surface area contributed by atoms with Crippen LogP contribution in [0.1, 0.15) is 16.7 Å². The van der Waals surface area contributed by atoms with Crippen molar-refractivity contribution in [2.75, 3.05) is 11.1 Å². The molecule has 0 aliphatic heterocycles. The number of carbonyl (C=O) groups excluding carboxylic acids is 1. The zero-order chi connectivity index (χ0) is 16.1. The molecule has 1 atom stereocenters. The van der Waals surface area contributed by atoms with Crippen molar-refractivity contribution in [1.82, 2.24) is 0 Å². The van der Waals surface area contributed by atoms with E-state index in [-0.39, 0.29) is 11.7 Å². The third kappa shape index (κ3) is 4.77. The first kappa shape index (κ1) is 16.4. The normalized spacial score (nSPS) is 12.0. The first-order valence-electron chi connectivity index (χ1n) is 6.90.